The Kier molecular flexibility index (Phi) is 3.00. The van der Waals surface area contributed by atoms with Crippen LogP contribution in [0.1, 0.15) is 0 Å². The van der Waals surface area contributed by atoms with Crippen molar-refractivity contribution in [2.45, 2.75) is 0 Å². The maximum atomic E-state index is 11.2. The lowest BCUT2D eigenvalue weighted by molar-refractivity contribution is 0.477. The maximum absolute atomic E-state index is 11.2. The van der Waals surface area contributed by atoms with Crippen LogP contribution in [0.25, 0.3) is 11.1 Å². The topological polar surface area (TPSA) is 57.5 Å². The molecule has 1 unspecified atom stereocenters. The van der Waals surface area contributed by atoms with Crippen molar-refractivity contribution in [1.29, 1.82) is 0 Å². The smallest absolute Gasteiger partial charge is 0.507 e. The van der Waals surface area contributed by atoms with E-state index >= 15 is 0 Å². The molecular weight excluding hydrogens is 223 g/mol. The number of benzene rings is 2. The van der Waals surface area contributed by atoms with E-state index in [1.165, 1.54) is 0 Å². The summed E-state index contributed by atoms with van der Waals surface area (Å²) in [7, 11) is -2.41. The molecule has 1 atom stereocenters. The van der Waals surface area contributed by atoms with E-state index in [1.54, 1.807) is 48.5 Å². The standard InChI is InChI=1S/C12H9O3P/c13-11-7-3-1-5-9(11)10-6-2-4-8-12(10)16(14)15/h1-8H,(H-,13,14,15)/p+1. The second-order valence-electron chi connectivity index (χ2n) is 3.31. The fraction of sp³-hybridized carbons (Fsp3) is 0. The zero-order valence-corrected chi connectivity index (χ0v) is 9.26. The molecule has 0 spiro atoms. The van der Waals surface area contributed by atoms with Gasteiger partial charge < -0.3 is 5.11 Å². The van der Waals surface area contributed by atoms with Gasteiger partial charge in [0.05, 0.1) is 0 Å². The van der Waals surface area contributed by atoms with Crippen LogP contribution in [0.2, 0.25) is 0 Å². The van der Waals surface area contributed by atoms with Crippen LogP contribution in [0.5, 0.6) is 5.75 Å². The Bertz CT molecular complexity index is 537. The summed E-state index contributed by atoms with van der Waals surface area (Å²) in [5, 5.41) is 10.0. The molecule has 2 rings (SSSR count). The number of phenols is 1. The van der Waals surface area contributed by atoms with Gasteiger partial charge in [0.2, 0.25) is 5.30 Å². The molecule has 2 aromatic rings. The average Bonchev–Trinajstić information content (AvgIpc) is 2.29. The highest BCUT2D eigenvalue weighted by Gasteiger charge is 2.22. The van der Waals surface area contributed by atoms with E-state index in [1.807, 2.05) is 0 Å². The molecule has 0 fully saturated rings. The predicted octanol–water partition coefficient (Wildman–Crippen LogP) is 2.42. The fourth-order valence-electron chi connectivity index (χ4n) is 1.57. The third kappa shape index (κ3) is 1.96. The van der Waals surface area contributed by atoms with E-state index in [0.29, 0.717) is 16.4 Å². The quantitative estimate of drug-likeness (QED) is 0.783. The SMILES string of the molecule is O=[P+](O)c1ccccc1-c1ccccc1O. The zero-order valence-electron chi connectivity index (χ0n) is 8.37. The Balaban J connectivity index is 2.65. The van der Waals surface area contributed by atoms with Gasteiger partial charge in [-0.15, -0.1) is 0 Å². The Hall–Kier alpha value is -1.70. The van der Waals surface area contributed by atoms with Gasteiger partial charge in [0, 0.05) is 11.1 Å². The minimum absolute atomic E-state index is 0.104. The molecule has 0 radical (unpaired) electrons. The highest BCUT2D eigenvalue weighted by molar-refractivity contribution is 7.47. The highest BCUT2D eigenvalue weighted by atomic mass is 31.1. The van der Waals surface area contributed by atoms with Crippen molar-refractivity contribution in [3.8, 4) is 16.9 Å². The van der Waals surface area contributed by atoms with Gasteiger partial charge in [-0.25, -0.2) is 0 Å². The lowest BCUT2D eigenvalue weighted by Crippen LogP contribution is -2.00. The summed E-state index contributed by atoms with van der Waals surface area (Å²) in [6.45, 7) is 0. The van der Waals surface area contributed by atoms with Crippen molar-refractivity contribution < 1.29 is 14.6 Å². The predicted molar refractivity (Wildman–Crippen MR) is 63.0 cm³/mol. The summed E-state index contributed by atoms with van der Waals surface area (Å²) >= 11 is 0. The van der Waals surface area contributed by atoms with Gasteiger partial charge in [-0.1, -0.05) is 30.3 Å². The van der Waals surface area contributed by atoms with Crippen molar-refractivity contribution >= 4 is 13.3 Å². The molecule has 0 aromatic heterocycles. The number of para-hydroxylation sites is 1. The van der Waals surface area contributed by atoms with Crippen molar-refractivity contribution in [2.75, 3.05) is 0 Å². The van der Waals surface area contributed by atoms with Gasteiger partial charge in [0.25, 0.3) is 0 Å². The summed E-state index contributed by atoms with van der Waals surface area (Å²) in [6.07, 6.45) is 0. The van der Waals surface area contributed by atoms with E-state index in [4.69, 9.17) is 0 Å². The van der Waals surface area contributed by atoms with Gasteiger partial charge in [0.1, 0.15) is 5.75 Å². The lowest BCUT2D eigenvalue weighted by atomic mass is 10.0. The van der Waals surface area contributed by atoms with Gasteiger partial charge in [-0.3, -0.25) is 0 Å². The monoisotopic (exact) mass is 233 g/mol. The number of hydrogen-bond donors (Lipinski definition) is 2. The van der Waals surface area contributed by atoms with Crippen LogP contribution in [-0.4, -0.2) is 10.00 Å². The fourth-order valence-corrected chi connectivity index (χ4v) is 2.18. The number of hydrogen-bond acceptors (Lipinski definition) is 2. The molecule has 0 amide bonds. The number of aromatic hydroxyl groups is 1. The normalized spacial score (nSPS) is 11.2. The van der Waals surface area contributed by atoms with E-state index in [0.717, 1.165) is 0 Å². The van der Waals surface area contributed by atoms with Crippen LogP contribution in [0.15, 0.2) is 48.5 Å². The van der Waals surface area contributed by atoms with Crippen LogP contribution in [0.4, 0.5) is 0 Å². The molecule has 0 heterocycles. The van der Waals surface area contributed by atoms with Gasteiger partial charge in [0.15, 0.2) is 0 Å². The molecule has 4 heteroatoms. The molecule has 0 saturated carbocycles. The van der Waals surface area contributed by atoms with Crippen LogP contribution >= 0.6 is 8.03 Å². The van der Waals surface area contributed by atoms with Gasteiger partial charge in [-0.05, 0) is 22.8 Å². The summed E-state index contributed by atoms with van der Waals surface area (Å²) in [5.41, 5.74) is 1.15. The first-order valence-corrected chi connectivity index (χ1v) is 5.95. The summed E-state index contributed by atoms with van der Waals surface area (Å²) in [5.74, 6) is 0.104. The maximum Gasteiger partial charge on any atom is 0.546 e. The molecule has 0 aliphatic rings. The first kappa shape index (κ1) is 10.8. The summed E-state index contributed by atoms with van der Waals surface area (Å²) in [6, 6.07) is 13.5. The van der Waals surface area contributed by atoms with Crippen molar-refractivity contribution in [2.24, 2.45) is 0 Å². The van der Waals surface area contributed by atoms with Crippen molar-refractivity contribution in [1.82, 2.24) is 0 Å². The van der Waals surface area contributed by atoms with E-state index in [-0.39, 0.29) is 5.75 Å². The Morgan fingerprint density at radius 3 is 2.06 bits per heavy atom. The Morgan fingerprint density at radius 2 is 1.44 bits per heavy atom. The summed E-state index contributed by atoms with van der Waals surface area (Å²) < 4.78 is 11.2. The number of rotatable bonds is 2. The summed E-state index contributed by atoms with van der Waals surface area (Å²) in [4.78, 5) is 9.18. The largest absolute Gasteiger partial charge is 0.546 e. The molecule has 2 aromatic carbocycles. The molecule has 2 N–H and O–H groups in total. The molecule has 80 valence electrons. The molecular formula is C12H10O3P+. The van der Waals surface area contributed by atoms with E-state index < -0.39 is 8.03 Å². The molecule has 16 heavy (non-hydrogen) atoms. The second-order valence-corrected chi connectivity index (χ2v) is 4.33. The van der Waals surface area contributed by atoms with Crippen molar-refractivity contribution in [3.63, 3.8) is 0 Å². The molecule has 3 nitrogen and oxygen atoms in total. The molecule has 0 aliphatic carbocycles. The van der Waals surface area contributed by atoms with Gasteiger partial charge in [-0.2, -0.15) is 4.89 Å². The third-order valence-electron chi connectivity index (χ3n) is 2.30. The Labute approximate surface area is 93.9 Å². The first-order chi connectivity index (χ1) is 7.70. The molecule has 0 bridgehead atoms. The second kappa shape index (κ2) is 4.44. The zero-order chi connectivity index (χ0) is 11.5. The number of phenolic OH excluding ortho intramolecular Hbond substituents is 1. The van der Waals surface area contributed by atoms with Crippen LogP contribution < -0.4 is 5.30 Å². The van der Waals surface area contributed by atoms with Crippen LogP contribution in [0, 0.1) is 0 Å². The van der Waals surface area contributed by atoms with Crippen LogP contribution in [0.3, 0.4) is 0 Å². The average molecular weight is 233 g/mol. The highest BCUT2D eigenvalue weighted by Crippen LogP contribution is 2.31. The van der Waals surface area contributed by atoms with Crippen molar-refractivity contribution in [3.05, 3.63) is 48.5 Å². The molecule has 0 aliphatic heterocycles. The van der Waals surface area contributed by atoms with Gasteiger partial charge >= 0.3 is 8.03 Å². The Morgan fingerprint density at radius 1 is 0.875 bits per heavy atom. The first-order valence-electron chi connectivity index (χ1n) is 4.73. The minimum Gasteiger partial charge on any atom is -0.507 e. The van der Waals surface area contributed by atoms with Crippen LogP contribution in [-0.2, 0) is 4.57 Å². The van der Waals surface area contributed by atoms with E-state index in [9.17, 15) is 14.6 Å². The third-order valence-corrected chi connectivity index (χ3v) is 3.11. The minimum atomic E-state index is -2.41. The van der Waals surface area contributed by atoms with E-state index in [2.05, 4.69) is 0 Å². The molecule has 0 saturated heterocycles. The lowest BCUT2D eigenvalue weighted by Gasteiger charge is -2.03.